The van der Waals surface area contributed by atoms with Crippen molar-refractivity contribution in [1.29, 1.82) is 0 Å². The van der Waals surface area contributed by atoms with E-state index in [-0.39, 0.29) is 17.4 Å². The van der Waals surface area contributed by atoms with Gasteiger partial charge in [0.15, 0.2) is 0 Å². The van der Waals surface area contributed by atoms with Gasteiger partial charge < -0.3 is 11.1 Å². The Morgan fingerprint density at radius 2 is 2.14 bits per heavy atom. The standard InChI is InChI=1S/C9H13N3O2/c1-6(2)11-8-5-3-4-7(10)9(8)12(13)14/h3-6,11H,10H2,1-2H3. The van der Waals surface area contributed by atoms with Crippen LogP contribution in [0.4, 0.5) is 17.1 Å². The number of nitrogens with one attached hydrogen (secondary N) is 1. The summed E-state index contributed by atoms with van der Waals surface area (Å²) in [6.07, 6.45) is 0. The van der Waals surface area contributed by atoms with Crippen LogP contribution in [0.1, 0.15) is 13.8 Å². The van der Waals surface area contributed by atoms with Crippen molar-refractivity contribution in [1.82, 2.24) is 0 Å². The molecule has 0 aliphatic heterocycles. The van der Waals surface area contributed by atoms with Crippen molar-refractivity contribution >= 4 is 17.1 Å². The summed E-state index contributed by atoms with van der Waals surface area (Å²) in [6.45, 7) is 3.82. The van der Waals surface area contributed by atoms with Gasteiger partial charge in [-0.05, 0) is 26.0 Å². The van der Waals surface area contributed by atoms with E-state index in [1.807, 2.05) is 13.8 Å². The lowest BCUT2D eigenvalue weighted by molar-refractivity contribution is -0.383. The summed E-state index contributed by atoms with van der Waals surface area (Å²) in [7, 11) is 0. The SMILES string of the molecule is CC(C)Nc1cccc(N)c1[N+](=O)[O-]. The Hall–Kier alpha value is -1.78. The number of hydrogen-bond acceptors (Lipinski definition) is 4. The van der Waals surface area contributed by atoms with Gasteiger partial charge in [0, 0.05) is 6.04 Å². The first kappa shape index (κ1) is 10.3. The molecule has 0 fully saturated rings. The van der Waals surface area contributed by atoms with Gasteiger partial charge in [-0.25, -0.2) is 0 Å². The third kappa shape index (κ3) is 2.12. The summed E-state index contributed by atoms with van der Waals surface area (Å²) >= 11 is 0. The monoisotopic (exact) mass is 195 g/mol. The number of para-hydroxylation sites is 1. The Balaban J connectivity index is 3.14. The molecule has 0 amide bonds. The lowest BCUT2D eigenvalue weighted by Gasteiger charge is -2.10. The zero-order valence-electron chi connectivity index (χ0n) is 8.15. The van der Waals surface area contributed by atoms with E-state index in [4.69, 9.17) is 5.73 Å². The summed E-state index contributed by atoms with van der Waals surface area (Å²) in [5.41, 5.74) is 6.11. The molecule has 14 heavy (non-hydrogen) atoms. The first-order chi connectivity index (χ1) is 6.52. The van der Waals surface area contributed by atoms with Gasteiger partial charge in [-0.3, -0.25) is 10.1 Å². The molecule has 5 nitrogen and oxygen atoms in total. The minimum absolute atomic E-state index is 0.0544. The van der Waals surface area contributed by atoms with Gasteiger partial charge >= 0.3 is 5.69 Å². The van der Waals surface area contributed by atoms with Crippen molar-refractivity contribution in [3.63, 3.8) is 0 Å². The molecule has 0 unspecified atom stereocenters. The third-order valence-corrected chi connectivity index (χ3v) is 1.69. The van der Waals surface area contributed by atoms with Gasteiger partial charge in [0.25, 0.3) is 0 Å². The average Bonchev–Trinajstić information content (AvgIpc) is 2.01. The quantitative estimate of drug-likeness (QED) is 0.439. The highest BCUT2D eigenvalue weighted by Crippen LogP contribution is 2.30. The van der Waals surface area contributed by atoms with Crippen molar-refractivity contribution in [3.05, 3.63) is 28.3 Å². The Morgan fingerprint density at radius 3 is 2.64 bits per heavy atom. The highest BCUT2D eigenvalue weighted by atomic mass is 16.6. The maximum atomic E-state index is 10.7. The predicted molar refractivity (Wildman–Crippen MR) is 56.3 cm³/mol. The van der Waals surface area contributed by atoms with Crippen LogP contribution in [0.25, 0.3) is 0 Å². The Bertz CT molecular complexity index is 350. The molecule has 0 heterocycles. The topological polar surface area (TPSA) is 81.2 Å². The van der Waals surface area contributed by atoms with Crippen LogP contribution in [0.15, 0.2) is 18.2 Å². The van der Waals surface area contributed by atoms with E-state index in [1.165, 1.54) is 6.07 Å². The molecule has 1 rings (SSSR count). The van der Waals surface area contributed by atoms with Crippen molar-refractivity contribution in [2.24, 2.45) is 0 Å². The third-order valence-electron chi connectivity index (χ3n) is 1.69. The first-order valence-electron chi connectivity index (χ1n) is 4.31. The summed E-state index contributed by atoms with van der Waals surface area (Å²) in [6, 6.07) is 4.99. The molecule has 0 aliphatic carbocycles. The second kappa shape index (κ2) is 3.95. The summed E-state index contributed by atoms with van der Waals surface area (Å²) in [4.78, 5) is 10.2. The molecule has 0 bridgehead atoms. The highest BCUT2D eigenvalue weighted by Gasteiger charge is 2.17. The number of nitro benzene ring substituents is 1. The summed E-state index contributed by atoms with van der Waals surface area (Å²) in [5, 5.41) is 13.7. The van der Waals surface area contributed by atoms with Crippen molar-refractivity contribution in [3.8, 4) is 0 Å². The Kier molecular flexibility index (Phi) is 2.91. The fourth-order valence-corrected chi connectivity index (χ4v) is 1.19. The predicted octanol–water partition coefficient (Wildman–Crippen LogP) is 2.00. The van der Waals surface area contributed by atoms with Gasteiger partial charge in [-0.2, -0.15) is 0 Å². The lowest BCUT2D eigenvalue weighted by Crippen LogP contribution is -2.12. The largest absolute Gasteiger partial charge is 0.393 e. The molecule has 0 aromatic heterocycles. The van der Waals surface area contributed by atoms with E-state index in [1.54, 1.807) is 12.1 Å². The normalized spacial score (nSPS) is 10.2. The number of nitrogens with zero attached hydrogens (tertiary/aromatic N) is 1. The smallest absolute Gasteiger partial charge is 0.314 e. The molecule has 1 aromatic rings. The van der Waals surface area contributed by atoms with Gasteiger partial charge in [-0.1, -0.05) is 6.07 Å². The van der Waals surface area contributed by atoms with Crippen LogP contribution in [0.2, 0.25) is 0 Å². The lowest BCUT2D eigenvalue weighted by atomic mass is 10.2. The number of nitrogens with two attached hydrogens (primary N) is 1. The van der Waals surface area contributed by atoms with Crippen molar-refractivity contribution in [2.75, 3.05) is 11.1 Å². The maximum absolute atomic E-state index is 10.7. The summed E-state index contributed by atoms with van der Waals surface area (Å²) in [5.74, 6) is 0. The van der Waals surface area contributed by atoms with E-state index in [0.29, 0.717) is 5.69 Å². The van der Waals surface area contributed by atoms with Gasteiger partial charge in [0.1, 0.15) is 11.4 Å². The van der Waals surface area contributed by atoms with E-state index in [0.717, 1.165) is 0 Å². The van der Waals surface area contributed by atoms with Gasteiger partial charge in [-0.15, -0.1) is 0 Å². The van der Waals surface area contributed by atoms with Crippen LogP contribution < -0.4 is 11.1 Å². The molecule has 3 N–H and O–H groups in total. The number of rotatable bonds is 3. The van der Waals surface area contributed by atoms with Crippen LogP contribution in [0.3, 0.4) is 0 Å². The Morgan fingerprint density at radius 1 is 1.50 bits per heavy atom. The van der Waals surface area contributed by atoms with Crippen molar-refractivity contribution in [2.45, 2.75) is 19.9 Å². The zero-order chi connectivity index (χ0) is 10.7. The van der Waals surface area contributed by atoms with E-state index < -0.39 is 4.92 Å². The van der Waals surface area contributed by atoms with Crippen LogP contribution in [-0.4, -0.2) is 11.0 Å². The fraction of sp³-hybridized carbons (Fsp3) is 0.333. The minimum Gasteiger partial charge on any atom is -0.393 e. The van der Waals surface area contributed by atoms with Gasteiger partial charge in [0.2, 0.25) is 0 Å². The van der Waals surface area contributed by atoms with Crippen LogP contribution in [0.5, 0.6) is 0 Å². The number of nitro groups is 1. The zero-order valence-corrected chi connectivity index (χ0v) is 8.15. The molecule has 0 aliphatic rings. The minimum atomic E-state index is -0.472. The van der Waals surface area contributed by atoms with Crippen LogP contribution >= 0.6 is 0 Å². The number of nitrogen functional groups attached to an aromatic ring is 1. The maximum Gasteiger partial charge on any atom is 0.314 e. The van der Waals surface area contributed by atoms with E-state index in [9.17, 15) is 10.1 Å². The molecular formula is C9H13N3O2. The fourth-order valence-electron chi connectivity index (χ4n) is 1.19. The number of hydrogen-bond donors (Lipinski definition) is 2. The number of anilines is 2. The highest BCUT2D eigenvalue weighted by molar-refractivity contribution is 5.74. The van der Waals surface area contributed by atoms with E-state index >= 15 is 0 Å². The molecule has 0 saturated heterocycles. The molecule has 0 spiro atoms. The molecule has 1 aromatic carbocycles. The Labute approximate surface area is 82.1 Å². The molecule has 5 heteroatoms. The second-order valence-electron chi connectivity index (χ2n) is 3.30. The molecular weight excluding hydrogens is 182 g/mol. The van der Waals surface area contributed by atoms with Crippen LogP contribution in [-0.2, 0) is 0 Å². The van der Waals surface area contributed by atoms with Crippen molar-refractivity contribution < 1.29 is 4.92 Å². The summed E-state index contributed by atoms with van der Waals surface area (Å²) < 4.78 is 0. The van der Waals surface area contributed by atoms with Crippen LogP contribution in [0, 0.1) is 10.1 Å². The first-order valence-corrected chi connectivity index (χ1v) is 4.31. The molecule has 76 valence electrons. The van der Waals surface area contributed by atoms with Gasteiger partial charge in [0.05, 0.1) is 4.92 Å². The molecule has 0 saturated carbocycles. The molecule has 0 atom stereocenters. The second-order valence-corrected chi connectivity index (χ2v) is 3.30. The average molecular weight is 195 g/mol. The number of benzene rings is 1. The van der Waals surface area contributed by atoms with E-state index in [2.05, 4.69) is 5.32 Å². The molecule has 0 radical (unpaired) electrons.